The van der Waals surface area contributed by atoms with Crippen molar-refractivity contribution >= 4 is 56.4 Å². The molecule has 1 aromatic carbocycles. The van der Waals surface area contributed by atoms with Gasteiger partial charge in [-0.1, -0.05) is 12.8 Å². The van der Waals surface area contributed by atoms with Crippen molar-refractivity contribution in [3.05, 3.63) is 26.9 Å². The van der Waals surface area contributed by atoms with Crippen LogP contribution >= 0.6 is 44.7 Å². The molecular formula is C7H5Br2FN2OS. The van der Waals surface area contributed by atoms with Crippen LogP contribution in [-0.2, 0) is 0 Å². The highest BCUT2D eigenvalue weighted by atomic mass is 79.9. The molecule has 0 heterocycles. The summed E-state index contributed by atoms with van der Waals surface area (Å²) in [5.74, 6) is -0.432. The molecule has 0 aliphatic heterocycles. The zero-order valence-electron chi connectivity index (χ0n) is 6.67. The third-order valence-electron chi connectivity index (χ3n) is 1.40. The van der Waals surface area contributed by atoms with E-state index >= 15 is 0 Å². The van der Waals surface area contributed by atoms with Gasteiger partial charge in [-0.25, -0.2) is 13.5 Å². The summed E-state index contributed by atoms with van der Waals surface area (Å²) in [6.07, 6.45) is 0. The van der Waals surface area contributed by atoms with Crippen LogP contribution in [0.1, 0.15) is 0 Å². The smallest absolute Gasteiger partial charge is 0.329 e. The van der Waals surface area contributed by atoms with E-state index in [0.717, 1.165) is 4.31 Å². The monoisotopic (exact) mass is 342 g/mol. The van der Waals surface area contributed by atoms with E-state index in [1.54, 1.807) is 0 Å². The van der Waals surface area contributed by atoms with Crippen molar-refractivity contribution in [2.45, 2.75) is 0 Å². The molecule has 1 rings (SSSR count). The van der Waals surface area contributed by atoms with Gasteiger partial charge in [0.2, 0.25) is 0 Å². The molecule has 76 valence electrons. The van der Waals surface area contributed by atoms with Crippen molar-refractivity contribution < 1.29 is 9.18 Å². The topological polar surface area (TPSA) is 46.3 Å². The number of hydrogen-bond donors (Lipinski definition) is 2. The van der Waals surface area contributed by atoms with Crippen molar-refractivity contribution in [2.24, 2.45) is 5.73 Å². The van der Waals surface area contributed by atoms with Gasteiger partial charge in [0.05, 0.1) is 5.69 Å². The van der Waals surface area contributed by atoms with Crippen LogP contribution in [0.15, 0.2) is 21.1 Å². The number of nitrogens with two attached hydrogens (primary N) is 1. The van der Waals surface area contributed by atoms with E-state index in [9.17, 15) is 9.18 Å². The Morgan fingerprint density at radius 3 is 2.21 bits per heavy atom. The molecule has 2 N–H and O–H groups in total. The highest BCUT2D eigenvalue weighted by molar-refractivity contribution is 9.11. The molecule has 0 unspecified atom stereocenters. The maximum absolute atomic E-state index is 12.9. The van der Waals surface area contributed by atoms with Crippen molar-refractivity contribution in [3.8, 4) is 0 Å². The molecule has 2 amide bonds. The lowest BCUT2D eigenvalue weighted by atomic mass is 10.3. The normalized spacial score (nSPS) is 10.0. The summed E-state index contributed by atoms with van der Waals surface area (Å²) in [5.41, 5.74) is 5.38. The fourth-order valence-electron chi connectivity index (χ4n) is 0.847. The van der Waals surface area contributed by atoms with Crippen molar-refractivity contribution in [1.82, 2.24) is 0 Å². The van der Waals surface area contributed by atoms with Crippen LogP contribution in [0.4, 0.5) is 14.9 Å². The van der Waals surface area contributed by atoms with Gasteiger partial charge in [-0.2, -0.15) is 0 Å². The summed E-state index contributed by atoms with van der Waals surface area (Å²) < 4.78 is 14.5. The Labute approximate surface area is 102 Å². The molecule has 3 nitrogen and oxygen atoms in total. The van der Waals surface area contributed by atoms with Crippen LogP contribution in [0.2, 0.25) is 0 Å². The van der Waals surface area contributed by atoms with Gasteiger partial charge in [-0.15, -0.1) is 0 Å². The number of urea groups is 1. The number of benzene rings is 1. The molecule has 0 fully saturated rings. The number of halogens is 3. The highest BCUT2D eigenvalue weighted by Gasteiger charge is 2.16. The minimum atomic E-state index is -0.749. The highest BCUT2D eigenvalue weighted by Crippen LogP contribution is 2.35. The predicted molar refractivity (Wildman–Crippen MR) is 62.8 cm³/mol. The largest absolute Gasteiger partial charge is 0.350 e. The second-order valence-corrected chi connectivity index (χ2v) is 4.48. The van der Waals surface area contributed by atoms with Crippen LogP contribution < -0.4 is 10.0 Å². The van der Waals surface area contributed by atoms with Gasteiger partial charge in [-0.3, -0.25) is 0 Å². The summed E-state index contributed by atoms with van der Waals surface area (Å²) in [4.78, 5) is 10.8. The van der Waals surface area contributed by atoms with E-state index in [1.807, 2.05) is 0 Å². The molecule has 0 aliphatic rings. The standard InChI is InChI=1S/C7H5Br2FN2OS/c8-4-1-3(10)2-5(9)6(4)12(14)7(11)13/h1-2,14H,(H2,11,13). The lowest BCUT2D eigenvalue weighted by Gasteiger charge is -2.16. The van der Waals surface area contributed by atoms with Gasteiger partial charge in [0.1, 0.15) is 5.82 Å². The SMILES string of the molecule is NC(=O)N(S)c1c(Br)cc(F)cc1Br. The van der Waals surface area contributed by atoms with Crippen molar-refractivity contribution in [3.63, 3.8) is 0 Å². The van der Waals surface area contributed by atoms with E-state index in [1.165, 1.54) is 12.1 Å². The third kappa shape index (κ3) is 2.40. The van der Waals surface area contributed by atoms with Crippen LogP contribution in [0.5, 0.6) is 0 Å². The van der Waals surface area contributed by atoms with Gasteiger partial charge >= 0.3 is 6.03 Å². The number of hydrogen-bond acceptors (Lipinski definition) is 2. The Bertz CT molecular complexity index is 365. The second-order valence-electron chi connectivity index (χ2n) is 2.37. The van der Waals surface area contributed by atoms with Crippen molar-refractivity contribution in [2.75, 3.05) is 4.31 Å². The Morgan fingerprint density at radius 2 is 1.86 bits per heavy atom. The fraction of sp³-hybridized carbons (Fsp3) is 0. The number of amides is 2. The molecule has 0 spiro atoms. The van der Waals surface area contributed by atoms with Gasteiger partial charge in [0.15, 0.2) is 0 Å². The van der Waals surface area contributed by atoms with Gasteiger partial charge in [-0.05, 0) is 44.0 Å². The van der Waals surface area contributed by atoms with Crippen LogP contribution in [0.25, 0.3) is 0 Å². The third-order valence-corrected chi connectivity index (χ3v) is 3.01. The van der Waals surface area contributed by atoms with Crippen LogP contribution in [0, 0.1) is 5.82 Å². The summed E-state index contributed by atoms with van der Waals surface area (Å²) in [6.45, 7) is 0. The molecule has 1 aromatic rings. The zero-order valence-corrected chi connectivity index (χ0v) is 10.7. The average Bonchev–Trinajstić information content (AvgIpc) is 2.01. The zero-order chi connectivity index (χ0) is 10.9. The summed E-state index contributed by atoms with van der Waals surface area (Å²) >= 11 is 10.1. The molecule has 7 heteroatoms. The molecule has 14 heavy (non-hydrogen) atoms. The van der Waals surface area contributed by atoms with Crippen molar-refractivity contribution in [1.29, 1.82) is 0 Å². The molecule has 0 radical (unpaired) electrons. The quantitative estimate of drug-likeness (QED) is 0.756. The molecular weight excluding hydrogens is 339 g/mol. The van der Waals surface area contributed by atoms with Crippen LogP contribution in [-0.4, -0.2) is 6.03 Å². The minimum Gasteiger partial charge on any atom is -0.350 e. The first-order valence-electron chi connectivity index (χ1n) is 3.36. The van der Waals surface area contributed by atoms with Gasteiger partial charge in [0, 0.05) is 8.95 Å². The maximum atomic E-state index is 12.9. The number of anilines is 1. The minimum absolute atomic E-state index is 0.363. The van der Waals surface area contributed by atoms with E-state index in [4.69, 9.17) is 5.73 Å². The lowest BCUT2D eigenvalue weighted by molar-refractivity contribution is 0.257. The summed E-state index contributed by atoms with van der Waals surface area (Å²) in [7, 11) is 0. The number of carbonyl (C=O) groups is 1. The van der Waals surface area contributed by atoms with Crippen LogP contribution in [0.3, 0.4) is 0 Å². The average molecular weight is 344 g/mol. The Balaban J connectivity index is 3.27. The predicted octanol–water partition coefficient (Wildman–Crippen LogP) is 3.08. The maximum Gasteiger partial charge on any atom is 0.329 e. The summed E-state index contributed by atoms with van der Waals surface area (Å²) in [6, 6.07) is 1.68. The first kappa shape index (κ1) is 11.8. The molecule has 0 atom stereocenters. The summed E-state index contributed by atoms with van der Waals surface area (Å²) in [5, 5.41) is 0. The molecule has 0 saturated heterocycles. The fourth-order valence-corrected chi connectivity index (χ4v) is 2.82. The Hall–Kier alpha value is -0.270. The number of primary amides is 1. The van der Waals surface area contributed by atoms with Gasteiger partial charge in [0.25, 0.3) is 0 Å². The Morgan fingerprint density at radius 1 is 1.43 bits per heavy atom. The number of thiol groups is 1. The second kappa shape index (κ2) is 4.50. The number of carbonyl (C=O) groups excluding carboxylic acids is 1. The first-order chi connectivity index (χ1) is 6.43. The molecule has 0 bridgehead atoms. The van der Waals surface area contributed by atoms with E-state index < -0.39 is 11.8 Å². The molecule has 0 aromatic heterocycles. The molecule has 0 aliphatic carbocycles. The number of rotatable bonds is 1. The number of nitrogens with zero attached hydrogens (tertiary/aromatic N) is 1. The Kier molecular flexibility index (Phi) is 3.79. The molecule has 0 saturated carbocycles. The van der Waals surface area contributed by atoms with E-state index in [0.29, 0.717) is 14.6 Å². The first-order valence-corrected chi connectivity index (χ1v) is 5.35. The van der Waals surface area contributed by atoms with E-state index in [2.05, 4.69) is 44.7 Å². The van der Waals surface area contributed by atoms with Gasteiger partial charge < -0.3 is 5.73 Å². The lowest BCUT2D eigenvalue weighted by Crippen LogP contribution is -2.27. The van der Waals surface area contributed by atoms with E-state index in [-0.39, 0.29) is 0 Å².